The zero-order valence-corrected chi connectivity index (χ0v) is 6.37. The first-order valence-electron chi connectivity index (χ1n) is 3.60. The maximum Gasteiger partial charge on any atom is 0.145 e. The van der Waals surface area contributed by atoms with Crippen molar-refractivity contribution in [3.8, 4) is 0 Å². The fourth-order valence-electron chi connectivity index (χ4n) is 1.07. The Morgan fingerprint density at radius 1 is 1.10 bits per heavy atom. The molecule has 0 spiro atoms. The average Bonchev–Trinajstić information content (AvgIpc) is 2.04. The van der Waals surface area contributed by atoms with Crippen molar-refractivity contribution >= 4 is 5.78 Å². The van der Waals surface area contributed by atoms with Gasteiger partial charge in [0, 0.05) is 11.8 Å². The highest BCUT2D eigenvalue weighted by atomic mass is 16.1. The van der Waals surface area contributed by atoms with Crippen molar-refractivity contribution in [2.45, 2.75) is 13.8 Å². The van der Waals surface area contributed by atoms with Crippen LogP contribution in [0.3, 0.4) is 0 Å². The number of hydrogen-bond acceptors (Lipinski definition) is 1. The van der Waals surface area contributed by atoms with Crippen molar-refractivity contribution in [2.24, 2.45) is 11.8 Å². The van der Waals surface area contributed by atoms with Gasteiger partial charge in [0.05, 0.1) is 0 Å². The molecule has 1 rings (SSSR count). The lowest BCUT2D eigenvalue weighted by molar-refractivity contribution is -0.123. The number of ketones is 1. The van der Waals surface area contributed by atoms with Crippen LogP contribution < -0.4 is 0 Å². The summed E-state index contributed by atoms with van der Waals surface area (Å²) in [5, 5.41) is 0. The molecule has 0 saturated heterocycles. The summed E-state index contributed by atoms with van der Waals surface area (Å²) in [6.45, 7) is 3.87. The van der Waals surface area contributed by atoms with E-state index in [2.05, 4.69) is 0 Å². The molecule has 0 aromatic heterocycles. The van der Waals surface area contributed by atoms with Crippen LogP contribution in [0.2, 0.25) is 0 Å². The quantitative estimate of drug-likeness (QED) is 0.497. The van der Waals surface area contributed by atoms with Gasteiger partial charge in [-0.1, -0.05) is 38.2 Å². The second-order valence-electron chi connectivity index (χ2n) is 2.75. The van der Waals surface area contributed by atoms with Gasteiger partial charge in [-0.15, -0.1) is 0 Å². The molecule has 0 bridgehead atoms. The van der Waals surface area contributed by atoms with E-state index in [4.69, 9.17) is 0 Å². The molecule has 0 fully saturated rings. The van der Waals surface area contributed by atoms with Crippen LogP contribution in [0.1, 0.15) is 13.8 Å². The third-order valence-corrected chi connectivity index (χ3v) is 1.81. The maximum absolute atomic E-state index is 11.2. The van der Waals surface area contributed by atoms with Gasteiger partial charge >= 0.3 is 0 Å². The van der Waals surface area contributed by atoms with E-state index >= 15 is 0 Å². The lowest BCUT2D eigenvalue weighted by Gasteiger charge is -2.06. The Bertz CT molecular complexity index is 169. The van der Waals surface area contributed by atoms with Gasteiger partial charge in [0.2, 0.25) is 0 Å². The van der Waals surface area contributed by atoms with Crippen LogP contribution in [0.4, 0.5) is 0 Å². The van der Waals surface area contributed by atoms with Crippen LogP contribution in [0.15, 0.2) is 24.3 Å². The zero-order chi connectivity index (χ0) is 7.56. The Morgan fingerprint density at radius 2 is 1.50 bits per heavy atom. The summed E-state index contributed by atoms with van der Waals surface area (Å²) < 4.78 is 0. The second-order valence-corrected chi connectivity index (χ2v) is 2.75. The molecule has 1 nitrogen and oxygen atoms in total. The van der Waals surface area contributed by atoms with Crippen molar-refractivity contribution in [3.05, 3.63) is 24.3 Å². The number of allylic oxidation sites excluding steroid dienone is 4. The third-order valence-electron chi connectivity index (χ3n) is 1.81. The molecule has 10 heavy (non-hydrogen) atoms. The average molecular weight is 136 g/mol. The van der Waals surface area contributed by atoms with Crippen LogP contribution in [0.5, 0.6) is 0 Å². The number of carbonyl (C=O) groups excluding carboxylic acids is 1. The summed E-state index contributed by atoms with van der Waals surface area (Å²) in [5.41, 5.74) is 0. The van der Waals surface area contributed by atoms with E-state index in [1.165, 1.54) is 0 Å². The molecule has 0 radical (unpaired) electrons. The highest BCUT2D eigenvalue weighted by Gasteiger charge is 2.16. The molecule has 0 aromatic carbocycles. The predicted octanol–water partition coefficient (Wildman–Crippen LogP) is 1.95. The first kappa shape index (κ1) is 7.26. The molecule has 54 valence electrons. The van der Waals surface area contributed by atoms with Crippen molar-refractivity contribution in [1.29, 1.82) is 0 Å². The van der Waals surface area contributed by atoms with Gasteiger partial charge in [0.25, 0.3) is 0 Å². The fourth-order valence-corrected chi connectivity index (χ4v) is 1.07. The Labute approximate surface area is 61.4 Å². The third kappa shape index (κ3) is 1.35. The Kier molecular flexibility index (Phi) is 2.05. The first-order chi connectivity index (χ1) is 4.72. The van der Waals surface area contributed by atoms with Gasteiger partial charge in [0.15, 0.2) is 0 Å². The van der Waals surface area contributed by atoms with Gasteiger partial charge in [-0.3, -0.25) is 4.79 Å². The zero-order valence-electron chi connectivity index (χ0n) is 6.37. The highest BCUT2D eigenvalue weighted by molar-refractivity contribution is 5.86. The molecule has 0 aliphatic heterocycles. The van der Waals surface area contributed by atoms with Crippen LogP contribution >= 0.6 is 0 Å². The molecule has 0 unspecified atom stereocenters. The SMILES string of the molecule is C[C@H]1C=CC=C[C@H](C)C1=O. The Morgan fingerprint density at radius 3 is 1.90 bits per heavy atom. The second kappa shape index (κ2) is 2.82. The largest absolute Gasteiger partial charge is 0.298 e. The topological polar surface area (TPSA) is 17.1 Å². The summed E-state index contributed by atoms with van der Waals surface area (Å²) >= 11 is 0. The van der Waals surface area contributed by atoms with Gasteiger partial charge in [-0.25, -0.2) is 0 Å². The lowest BCUT2D eigenvalue weighted by atomic mass is 9.97. The molecular formula is C9H12O. The van der Waals surface area contributed by atoms with Gasteiger partial charge in [-0.2, -0.15) is 0 Å². The number of carbonyl (C=O) groups is 1. The van der Waals surface area contributed by atoms with E-state index in [1.807, 2.05) is 38.2 Å². The molecular weight excluding hydrogens is 124 g/mol. The fraction of sp³-hybridized carbons (Fsp3) is 0.444. The minimum atomic E-state index is 0.0880. The minimum absolute atomic E-state index is 0.0880. The van der Waals surface area contributed by atoms with Crippen LogP contribution in [-0.4, -0.2) is 5.78 Å². The molecule has 0 saturated carbocycles. The van der Waals surface area contributed by atoms with Crippen molar-refractivity contribution in [1.82, 2.24) is 0 Å². The summed E-state index contributed by atoms with van der Waals surface area (Å²) in [7, 11) is 0. The molecule has 0 amide bonds. The van der Waals surface area contributed by atoms with Crippen LogP contribution in [-0.2, 0) is 4.79 Å². The summed E-state index contributed by atoms with van der Waals surface area (Å²) in [6.07, 6.45) is 7.74. The standard InChI is InChI=1S/C9H12O/c1-7-5-3-4-6-8(2)9(7)10/h3-8H,1-2H3/t7-,8-/m0/s1. The van der Waals surface area contributed by atoms with E-state index < -0.39 is 0 Å². The Hall–Kier alpha value is -0.850. The summed E-state index contributed by atoms with van der Waals surface area (Å²) in [4.78, 5) is 11.2. The molecule has 2 atom stereocenters. The Balaban J connectivity index is 2.79. The van der Waals surface area contributed by atoms with E-state index in [9.17, 15) is 4.79 Å². The first-order valence-corrected chi connectivity index (χ1v) is 3.60. The molecule has 0 N–H and O–H groups in total. The normalized spacial score (nSPS) is 32.4. The summed E-state index contributed by atoms with van der Waals surface area (Å²) in [6, 6.07) is 0. The van der Waals surface area contributed by atoms with E-state index in [0.29, 0.717) is 5.78 Å². The monoisotopic (exact) mass is 136 g/mol. The van der Waals surface area contributed by atoms with Crippen LogP contribution in [0.25, 0.3) is 0 Å². The smallest absolute Gasteiger partial charge is 0.145 e. The van der Waals surface area contributed by atoms with Gasteiger partial charge < -0.3 is 0 Å². The van der Waals surface area contributed by atoms with E-state index in [-0.39, 0.29) is 11.8 Å². The maximum atomic E-state index is 11.2. The van der Waals surface area contributed by atoms with E-state index in [1.54, 1.807) is 0 Å². The van der Waals surface area contributed by atoms with Gasteiger partial charge in [-0.05, 0) is 0 Å². The van der Waals surface area contributed by atoms with Crippen molar-refractivity contribution < 1.29 is 4.79 Å². The molecule has 1 aliphatic rings. The molecule has 1 aliphatic carbocycles. The van der Waals surface area contributed by atoms with Crippen molar-refractivity contribution in [2.75, 3.05) is 0 Å². The van der Waals surface area contributed by atoms with Crippen LogP contribution in [0, 0.1) is 11.8 Å². The number of rotatable bonds is 0. The lowest BCUT2D eigenvalue weighted by Crippen LogP contribution is -2.14. The molecule has 0 heterocycles. The summed E-state index contributed by atoms with van der Waals surface area (Å²) in [5.74, 6) is 0.486. The number of Topliss-reactive ketones (excluding diaryl/α,β-unsaturated/α-hetero) is 1. The van der Waals surface area contributed by atoms with Crippen molar-refractivity contribution in [3.63, 3.8) is 0 Å². The molecule has 1 heteroatoms. The highest BCUT2D eigenvalue weighted by Crippen LogP contribution is 2.12. The number of hydrogen-bond donors (Lipinski definition) is 0. The minimum Gasteiger partial charge on any atom is -0.298 e. The van der Waals surface area contributed by atoms with Gasteiger partial charge in [0.1, 0.15) is 5.78 Å². The molecule has 0 aromatic rings. The van der Waals surface area contributed by atoms with E-state index in [0.717, 1.165) is 0 Å². The predicted molar refractivity (Wildman–Crippen MR) is 41.6 cm³/mol.